The number of rotatable bonds is 37. The van der Waals surface area contributed by atoms with E-state index >= 15 is 0 Å². The predicted octanol–water partition coefficient (Wildman–Crippen LogP) is 14.7. The van der Waals surface area contributed by atoms with Crippen LogP contribution in [0.4, 0.5) is 0 Å². The second kappa shape index (κ2) is 46.7. The first-order valence-electron chi connectivity index (χ1n) is 22.6. The number of carbonyl (C=O) groups is 3. The van der Waals surface area contributed by atoms with Gasteiger partial charge in [-0.25, -0.2) is 0 Å². The van der Waals surface area contributed by atoms with E-state index in [1.54, 1.807) is 0 Å². The zero-order valence-corrected chi connectivity index (χ0v) is 37.4. The van der Waals surface area contributed by atoms with E-state index in [2.05, 4.69) is 69.4 Å². The summed E-state index contributed by atoms with van der Waals surface area (Å²) >= 11 is 0. The van der Waals surface area contributed by atoms with Crippen molar-refractivity contribution in [3.05, 3.63) is 158 Å². The Balaban J connectivity index is 4.66. The molecule has 0 amide bonds. The van der Waals surface area contributed by atoms with E-state index in [-0.39, 0.29) is 38.0 Å². The highest BCUT2D eigenvalue weighted by Gasteiger charge is 2.19. The lowest BCUT2D eigenvalue weighted by Crippen LogP contribution is -2.30. The molecule has 0 aromatic heterocycles. The van der Waals surface area contributed by atoms with Crippen LogP contribution >= 0.6 is 0 Å². The van der Waals surface area contributed by atoms with Crippen molar-refractivity contribution in [1.82, 2.24) is 0 Å². The molecule has 0 saturated carbocycles. The molecule has 1 unspecified atom stereocenters. The summed E-state index contributed by atoms with van der Waals surface area (Å²) in [6.07, 6.45) is 68.1. The highest BCUT2D eigenvalue weighted by Crippen LogP contribution is 2.11. The van der Waals surface area contributed by atoms with Crippen molar-refractivity contribution in [2.75, 3.05) is 13.2 Å². The molecule has 6 nitrogen and oxygen atoms in total. The fourth-order valence-electron chi connectivity index (χ4n) is 5.22. The van der Waals surface area contributed by atoms with Gasteiger partial charge in [0.1, 0.15) is 13.2 Å². The van der Waals surface area contributed by atoms with Gasteiger partial charge in [-0.3, -0.25) is 14.4 Å². The van der Waals surface area contributed by atoms with Crippen molar-refractivity contribution in [1.29, 1.82) is 0 Å². The third kappa shape index (κ3) is 44.1. The van der Waals surface area contributed by atoms with Gasteiger partial charge in [-0.15, -0.1) is 0 Å². The molecule has 0 aliphatic heterocycles. The van der Waals surface area contributed by atoms with Gasteiger partial charge < -0.3 is 14.2 Å². The fraction of sp³-hybridized carbons (Fsp3) is 0.463. The topological polar surface area (TPSA) is 78.9 Å². The third-order valence-corrected chi connectivity index (χ3v) is 8.51. The molecule has 0 rings (SSSR count). The van der Waals surface area contributed by atoms with Gasteiger partial charge in [0.25, 0.3) is 0 Å². The minimum absolute atomic E-state index is 0.145. The lowest BCUT2D eigenvalue weighted by atomic mass is 10.1. The molecule has 6 heteroatoms. The molecular weight excluding hydrogens is 745 g/mol. The van der Waals surface area contributed by atoms with Gasteiger partial charge in [-0.1, -0.05) is 204 Å². The van der Waals surface area contributed by atoms with E-state index < -0.39 is 12.1 Å². The third-order valence-electron chi connectivity index (χ3n) is 8.51. The average Bonchev–Trinajstić information content (AvgIpc) is 3.24. The number of hydrogen-bond donors (Lipinski definition) is 0. The molecule has 0 saturated heterocycles. The minimum Gasteiger partial charge on any atom is -0.462 e. The Hall–Kier alpha value is -4.97. The average molecular weight is 823 g/mol. The Morgan fingerprint density at radius 1 is 0.350 bits per heavy atom. The SMILES string of the molecule is CC\C=C/C=C\C=C/C=C\C=C/CCCC(=O)OCC(COC(=O)CCCCCCCC/C=C\C/C=C\C/C=C\CC)OC(=O)CCC\C=C/C=C\C=C/C=C\C=C/CC. The number of carbonyl (C=O) groups excluding carboxylic acids is 3. The summed E-state index contributed by atoms with van der Waals surface area (Å²) in [7, 11) is 0. The molecule has 60 heavy (non-hydrogen) atoms. The predicted molar refractivity (Wildman–Crippen MR) is 255 cm³/mol. The summed E-state index contributed by atoms with van der Waals surface area (Å²) in [6, 6.07) is 0. The normalized spacial score (nSPS) is 13.6. The van der Waals surface area contributed by atoms with E-state index in [4.69, 9.17) is 14.2 Å². The van der Waals surface area contributed by atoms with E-state index in [1.165, 1.54) is 12.8 Å². The van der Waals surface area contributed by atoms with Gasteiger partial charge in [-0.05, 0) is 77.0 Å². The van der Waals surface area contributed by atoms with Crippen LogP contribution in [0.2, 0.25) is 0 Å². The number of hydrogen-bond acceptors (Lipinski definition) is 6. The Morgan fingerprint density at radius 2 is 0.700 bits per heavy atom. The molecule has 1 atom stereocenters. The lowest BCUT2D eigenvalue weighted by Gasteiger charge is -2.18. The fourth-order valence-corrected chi connectivity index (χ4v) is 5.22. The Kier molecular flexibility index (Phi) is 42.8. The van der Waals surface area contributed by atoms with Crippen LogP contribution in [0.3, 0.4) is 0 Å². The second-order valence-corrected chi connectivity index (χ2v) is 14.1. The van der Waals surface area contributed by atoms with E-state index in [1.807, 2.05) is 109 Å². The van der Waals surface area contributed by atoms with Crippen LogP contribution in [0.25, 0.3) is 0 Å². The highest BCUT2D eigenvalue weighted by molar-refractivity contribution is 5.71. The van der Waals surface area contributed by atoms with Crippen molar-refractivity contribution in [3.8, 4) is 0 Å². The zero-order valence-electron chi connectivity index (χ0n) is 37.4. The maximum atomic E-state index is 12.7. The molecule has 0 aromatic carbocycles. The van der Waals surface area contributed by atoms with Crippen LogP contribution in [0.15, 0.2) is 158 Å². The lowest BCUT2D eigenvalue weighted by molar-refractivity contribution is -0.167. The zero-order chi connectivity index (χ0) is 43.7. The first kappa shape index (κ1) is 55.0. The summed E-state index contributed by atoms with van der Waals surface area (Å²) in [6.45, 7) is 6.05. The van der Waals surface area contributed by atoms with Crippen LogP contribution in [0.5, 0.6) is 0 Å². The van der Waals surface area contributed by atoms with Gasteiger partial charge in [-0.2, -0.15) is 0 Å². The first-order valence-corrected chi connectivity index (χ1v) is 22.6. The Labute approximate surface area is 365 Å². The van der Waals surface area contributed by atoms with Crippen molar-refractivity contribution in [2.24, 2.45) is 0 Å². The van der Waals surface area contributed by atoms with E-state index in [9.17, 15) is 14.4 Å². The number of allylic oxidation sites excluding steroid dienone is 26. The van der Waals surface area contributed by atoms with E-state index in [0.717, 1.165) is 70.6 Å². The molecule has 0 bridgehead atoms. The van der Waals surface area contributed by atoms with Crippen molar-refractivity contribution in [2.45, 2.75) is 149 Å². The summed E-state index contributed by atoms with van der Waals surface area (Å²) in [5.41, 5.74) is 0. The minimum atomic E-state index is -0.856. The van der Waals surface area contributed by atoms with Gasteiger partial charge in [0.2, 0.25) is 0 Å². The van der Waals surface area contributed by atoms with Crippen molar-refractivity contribution < 1.29 is 28.6 Å². The molecule has 0 radical (unpaired) electrons. The standard InChI is InChI=1S/C54H78O6/c1-4-7-10-13-16-19-22-25-26-27-30-32-35-38-41-44-47-53(56)59-50-51(60-54(57)48-45-42-39-36-33-29-24-21-18-15-12-9-6-3)49-58-52(55)46-43-40-37-34-31-28-23-20-17-14-11-8-5-2/h7-12,14-21,23-26,28-29,31,33-34,36-37,39,51H,4-6,13,22,27,30,32,35,38,40-50H2,1-3H3/b10-7-,11-8-,12-9-,17-14-,18-15-,19-16-,23-20-,24-21-,26-25-,31-28-,33-29-,37-34-,39-36-. The van der Waals surface area contributed by atoms with Gasteiger partial charge >= 0.3 is 17.9 Å². The van der Waals surface area contributed by atoms with Gasteiger partial charge in [0.15, 0.2) is 6.10 Å². The van der Waals surface area contributed by atoms with Crippen LogP contribution in [0, 0.1) is 0 Å². The summed E-state index contributed by atoms with van der Waals surface area (Å²) in [5.74, 6) is -1.13. The van der Waals surface area contributed by atoms with E-state index in [0.29, 0.717) is 25.7 Å². The molecule has 0 heterocycles. The van der Waals surface area contributed by atoms with Crippen LogP contribution in [-0.4, -0.2) is 37.2 Å². The summed E-state index contributed by atoms with van der Waals surface area (Å²) in [4.78, 5) is 37.7. The number of ether oxygens (including phenoxy) is 3. The number of unbranched alkanes of at least 4 members (excludes halogenated alkanes) is 8. The molecule has 0 N–H and O–H groups in total. The van der Waals surface area contributed by atoms with Gasteiger partial charge in [0, 0.05) is 19.3 Å². The monoisotopic (exact) mass is 823 g/mol. The highest BCUT2D eigenvalue weighted by atomic mass is 16.6. The summed E-state index contributed by atoms with van der Waals surface area (Å²) < 4.78 is 16.6. The number of esters is 3. The van der Waals surface area contributed by atoms with Crippen LogP contribution in [0.1, 0.15) is 143 Å². The van der Waals surface area contributed by atoms with Crippen molar-refractivity contribution in [3.63, 3.8) is 0 Å². The molecule has 0 fully saturated rings. The van der Waals surface area contributed by atoms with Crippen LogP contribution in [-0.2, 0) is 28.6 Å². The Bertz CT molecular complexity index is 1460. The first-order chi connectivity index (χ1) is 29.5. The van der Waals surface area contributed by atoms with Crippen molar-refractivity contribution >= 4 is 17.9 Å². The van der Waals surface area contributed by atoms with Gasteiger partial charge in [0.05, 0.1) is 0 Å². The largest absolute Gasteiger partial charge is 0.462 e. The second-order valence-electron chi connectivity index (χ2n) is 14.1. The molecule has 0 spiro atoms. The molecule has 330 valence electrons. The molecule has 0 aliphatic rings. The maximum absolute atomic E-state index is 12.7. The molecule has 0 aromatic rings. The van der Waals surface area contributed by atoms with Crippen LogP contribution < -0.4 is 0 Å². The molecular formula is C54H78O6. The summed E-state index contributed by atoms with van der Waals surface area (Å²) in [5, 5.41) is 0. The Morgan fingerprint density at radius 3 is 1.18 bits per heavy atom. The molecule has 0 aliphatic carbocycles. The smallest absolute Gasteiger partial charge is 0.306 e. The maximum Gasteiger partial charge on any atom is 0.306 e. The quantitative estimate of drug-likeness (QED) is 0.0204.